The third-order valence-corrected chi connectivity index (χ3v) is 4.94. The number of anilines is 1. The first-order valence-corrected chi connectivity index (χ1v) is 9.99. The van der Waals surface area contributed by atoms with Crippen LogP contribution in [0, 0.1) is 0 Å². The van der Waals surface area contributed by atoms with E-state index in [1.807, 2.05) is 24.3 Å². The topological polar surface area (TPSA) is 98.5 Å². The summed E-state index contributed by atoms with van der Waals surface area (Å²) in [5.74, 6) is 0.784. The molecule has 0 aliphatic carbocycles. The smallest absolute Gasteiger partial charge is 0.262 e. The number of ether oxygens (including phenoxy) is 1. The predicted octanol–water partition coefficient (Wildman–Crippen LogP) is 3.26. The monoisotopic (exact) mass is 376 g/mol. The molecule has 2 aromatic rings. The molecule has 2 aromatic carbocycles. The molecule has 140 valence electrons. The van der Waals surface area contributed by atoms with Crippen molar-refractivity contribution < 1.29 is 17.9 Å². The van der Waals surface area contributed by atoms with Crippen molar-refractivity contribution >= 4 is 21.6 Å². The Kier molecular flexibility index (Phi) is 6.76. The number of carbonyl (C=O) groups excluding carboxylic acids is 1. The Balaban J connectivity index is 1.86. The van der Waals surface area contributed by atoms with Crippen molar-refractivity contribution in [2.45, 2.75) is 37.5 Å². The van der Waals surface area contributed by atoms with Crippen LogP contribution in [0.15, 0.2) is 53.4 Å². The molecule has 2 rings (SSSR count). The molecule has 0 bridgehead atoms. The van der Waals surface area contributed by atoms with Crippen LogP contribution in [-0.2, 0) is 14.8 Å². The summed E-state index contributed by atoms with van der Waals surface area (Å²) in [5.41, 5.74) is 1.72. The second kappa shape index (κ2) is 8.82. The van der Waals surface area contributed by atoms with Crippen LogP contribution in [0.2, 0.25) is 0 Å². The van der Waals surface area contributed by atoms with Gasteiger partial charge in [-0.05, 0) is 54.3 Å². The molecule has 6 nitrogen and oxygen atoms in total. The summed E-state index contributed by atoms with van der Waals surface area (Å²) < 4.78 is 27.9. The number of hydrogen-bond donors (Lipinski definition) is 2. The molecule has 0 heterocycles. The molecule has 0 aliphatic rings. The van der Waals surface area contributed by atoms with Crippen LogP contribution in [0.3, 0.4) is 0 Å². The number of nitrogens with one attached hydrogen (secondary N) is 1. The van der Waals surface area contributed by atoms with Crippen LogP contribution in [0.25, 0.3) is 0 Å². The molecule has 0 aromatic heterocycles. The molecule has 0 radical (unpaired) electrons. The zero-order chi connectivity index (χ0) is 19.2. The van der Waals surface area contributed by atoms with E-state index < -0.39 is 10.0 Å². The molecule has 0 unspecified atom stereocenters. The van der Waals surface area contributed by atoms with Crippen molar-refractivity contribution in [1.82, 2.24) is 0 Å². The average molecular weight is 376 g/mol. The lowest BCUT2D eigenvalue weighted by molar-refractivity contribution is -0.118. The molecule has 0 saturated heterocycles. The van der Waals surface area contributed by atoms with Gasteiger partial charge in [-0.25, -0.2) is 13.6 Å². The highest BCUT2D eigenvalue weighted by atomic mass is 32.2. The van der Waals surface area contributed by atoms with Crippen LogP contribution in [0.5, 0.6) is 5.75 Å². The fraction of sp³-hybridized carbons (Fsp3) is 0.316. The van der Waals surface area contributed by atoms with E-state index in [1.54, 1.807) is 0 Å². The van der Waals surface area contributed by atoms with Crippen LogP contribution < -0.4 is 15.2 Å². The van der Waals surface area contributed by atoms with E-state index in [9.17, 15) is 13.2 Å². The summed E-state index contributed by atoms with van der Waals surface area (Å²) in [6, 6.07) is 13.4. The summed E-state index contributed by atoms with van der Waals surface area (Å²) >= 11 is 0. The molecule has 1 atom stereocenters. The molecular formula is C19H24N2O4S. The molecule has 1 amide bonds. The van der Waals surface area contributed by atoms with Crippen molar-refractivity contribution in [1.29, 1.82) is 0 Å². The minimum Gasteiger partial charge on any atom is -0.484 e. The number of nitrogens with two attached hydrogens (primary N) is 1. The molecule has 0 saturated carbocycles. The maximum atomic E-state index is 11.9. The third-order valence-electron chi connectivity index (χ3n) is 4.01. The van der Waals surface area contributed by atoms with E-state index in [4.69, 9.17) is 9.88 Å². The van der Waals surface area contributed by atoms with Crippen LogP contribution >= 0.6 is 0 Å². The van der Waals surface area contributed by atoms with Gasteiger partial charge < -0.3 is 10.1 Å². The normalized spacial score (nSPS) is 12.4. The van der Waals surface area contributed by atoms with Gasteiger partial charge in [0.2, 0.25) is 10.0 Å². The predicted molar refractivity (Wildman–Crippen MR) is 102 cm³/mol. The van der Waals surface area contributed by atoms with Crippen molar-refractivity contribution in [3.63, 3.8) is 0 Å². The standard InChI is InChI=1S/C19H24N2O4S/c1-3-4-14(2)15-5-9-17(10-6-15)25-13-19(22)21-16-7-11-18(12-8-16)26(20,23)24/h5-12,14H,3-4,13H2,1-2H3,(H,21,22)(H2,20,23,24)/t14-/m0/s1. The lowest BCUT2D eigenvalue weighted by Gasteiger charge is -2.12. The van der Waals surface area contributed by atoms with Gasteiger partial charge in [-0.2, -0.15) is 0 Å². The Hall–Kier alpha value is -2.38. The number of primary sulfonamides is 1. The third kappa shape index (κ3) is 5.86. The Bertz CT molecular complexity index is 831. The SMILES string of the molecule is CCC[C@H](C)c1ccc(OCC(=O)Nc2ccc(S(N)(=O)=O)cc2)cc1. The summed E-state index contributed by atoms with van der Waals surface area (Å²) in [5, 5.41) is 7.67. The minimum atomic E-state index is -3.75. The van der Waals surface area contributed by atoms with Crippen LogP contribution in [0.1, 0.15) is 38.2 Å². The van der Waals surface area contributed by atoms with Gasteiger partial charge in [-0.1, -0.05) is 32.4 Å². The van der Waals surface area contributed by atoms with E-state index in [0.29, 0.717) is 17.4 Å². The van der Waals surface area contributed by atoms with Crippen molar-refractivity contribution in [3.8, 4) is 5.75 Å². The molecule has 0 aliphatic heterocycles. The van der Waals surface area contributed by atoms with E-state index in [-0.39, 0.29) is 17.4 Å². The van der Waals surface area contributed by atoms with Crippen LogP contribution in [0.4, 0.5) is 5.69 Å². The zero-order valence-electron chi connectivity index (χ0n) is 14.9. The number of carbonyl (C=O) groups is 1. The molecule has 26 heavy (non-hydrogen) atoms. The maximum Gasteiger partial charge on any atom is 0.262 e. The summed E-state index contributed by atoms with van der Waals surface area (Å²) in [6.07, 6.45) is 2.27. The highest BCUT2D eigenvalue weighted by Crippen LogP contribution is 2.23. The molecule has 0 fully saturated rings. The second-order valence-electron chi connectivity index (χ2n) is 6.16. The number of benzene rings is 2. The second-order valence-corrected chi connectivity index (χ2v) is 7.73. The Morgan fingerprint density at radius 1 is 1.12 bits per heavy atom. The number of amides is 1. The van der Waals surface area contributed by atoms with Crippen molar-refractivity contribution in [3.05, 3.63) is 54.1 Å². The van der Waals surface area contributed by atoms with Gasteiger partial charge in [0.1, 0.15) is 5.75 Å². The van der Waals surface area contributed by atoms with Gasteiger partial charge in [0.05, 0.1) is 4.90 Å². The first-order chi connectivity index (χ1) is 12.3. The quantitative estimate of drug-likeness (QED) is 0.739. The van der Waals surface area contributed by atoms with Crippen molar-refractivity contribution in [2.75, 3.05) is 11.9 Å². The first kappa shape index (κ1) is 19.9. The van der Waals surface area contributed by atoms with E-state index in [2.05, 4.69) is 19.2 Å². The number of rotatable bonds is 8. The van der Waals surface area contributed by atoms with E-state index in [1.165, 1.54) is 29.8 Å². The summed E-state index contributed by atoms with van der Waals surface area (Å²) in [7, 11) is -3.75. The lowest BCUT2D eigenvalue weighted by Crippen LogP contribution is -2.20. The average Bonchev–Trinajstić information content (AvgIpc) is 2.60. The first-order valence-electron chi connectivity index (χ1n) is 8.45. The Morgan fingerprint density at radius 2 is 1.73 bits per heavy atom. The zero-order valence-corrected chi connectivity index (χ0v) is 15.8. The summed E-state index contributed by atoms with van der Waals surface area (Å²) in [6.45, 7) is 4.21. The largest absolute Gasteiger partial charge is 0.484 e. The lowest BCUT2D eigenvalue weighted by atomic mass is 9.97. The van der Waals surface area contributed by atoms with Gasteiger partial charge in [0, 0.05) is 5.69 Å². The molecule has 0 spiro atoms. The highest BCUT2D eigenvalue weighted by molar-refractivity contribution is 7.89. The van der Waals surface area contributed by atoms with Gasteiger partial charge in [0.15, 0.2) is 6.61 Å². The molecule has 7 heteroatoms. The fourth-order valence-electron chi connectivity index (χ4n) is 2.57. The number of hydrogen-bond acceptors (Lipinski definition) is 4. The fourth-order valence-corrected chi connectivity index (χ4v) is 3.08. The van der Waals surface area contributed by atoms with Gasteiger partial charge in [-0.15, -0.1) is 0 Å². The van der Waals surface area contributed by atoms with Gasteiger partial charge >= 0.3 is 0 Å². The molecule has 3 N–H and O–H groups in total. The minimum absolute atomic E-state index is 0.0101. The highest BCUT2D eigenvalue weighted by Gasteiger charge is 2.09. The van der Waals surface area contributed by atoms with E-state index in [0.717, 1.165) is 12.8 Å². The van der Waals surface area contributed by atoms with Gasteiger partial charge in [-0.3, -0.25) is 4.79 Å². The summed E-state index contributed by atoms with van der Waals surface area (Å²) in [4.78, 5) is 11.9. The Morgan fingerprint density at radius 3 is 2.27 bits per heavy atom. The van der Waals surface area contributed by atoms with Crippen molar-refractivity contribution in [2.24, 2.45) is 5.14 Å². The molecular weight excluding hydrogens is 352 g/mol. The Labute approximate surface area is 154 Å². The van der Waals surface area contributed by atoms with Crippen LogP contribution in [-0.4, -0.2) is 20.9 Å². The number of sulfonamides is 1. The van der Waals surface area contributed by atoms with Gasteiger partial charge in [0.25, 0.3) is 5.91 Å². The van der Waals surface area contributed by atoms with E-state index >= 15 is 0 Å². The maximum absolute atomic E-state index is 11.9.